The fraction of sp³-hybridized carbons (Fsp3) is 1.00. The summed E-state index contributed by atoms with van der Waals surface area (Å²) >= 11 is 0. The van der Waals surface area contributed by atoms with Gasteiger partial charge in [0.15, 0.2) is 0 Å². The molecule has 1 aliphatic heterocycles. The van der Waals surface area contributed by atoms with Gasteiger partial charge in [0.05, 0.1) is 18.3 Å². The summed E-state index contributed by atoms with van der Waals surface area (Å²) < 4.78 is 5.65. The maximum Gasteiger partial charge on any atom is 0.0565 e. The Morgan fingerprint density at radius 3 is 2.43 bits per heavy atom. The smallest absolute Gasteiger partial charge is 0.0565 e. The van der Waals surface area contributed by atoms with E-state index in [1.54, 1.807) is 0 Å². The van der Waals surface area contributed by atoms with Crippen LogP contribution in [0.25, 0.3) is 0 Å². The molecule has 0 radical (unpaired) electrons. The summed E-state index contributed by atoms with van der Waals surface area (Å²) in [4.78, 5) is 0. The van der Waals surface area contributed by atoms with E-state index in [1.165, 1.54) is 0 Å². The van der Waals surface area contributed by atoms with Gasteiger partial charge in [-0.1, -0.05) is 0 Å². The van der Waals surface area contributed by atoms with Gasteiger partial charge in [-0.15, -0.1) is 0 Å². The zero-order chi connectivity index (χ0) is 10.6. The molecular formula is C11H23NO2. The molecule has 1 rings (SSSR count). The van der Waals surface area contributed by atoms with Crippen molar-refractivity contribution in [2.24, 2.45) is 0 Å². The predicted molar refractivity (Wildman–Crippen MR) is 57.3 cm³/mol. The van der Waals surface area contributed by atoms with Crippen molar-refractivity contribution in [3.8, 4) is 0 Å². The molecule has 1 fully saturated rings. The first-order valence-electron chi connectivity index (χ1n) is 5.65. The molecule has 1 aliphatic rings. The minimum Gasteiger partial charge on any atom is -0.393 e. The molecule has 84 valence electrons. The Morgan fingerprint density at radius 2 is 1.93 bits per heavy atom. The molecule has 0 aromatic carbocycles. The van der Waals surface area contributed by atoms with Gasteiger partial charge in [0.25, 0.3) is 0 Å². The summed E-state index contributed by atoms with van der Waals surface area (Å²) in [5.74, 6) is 0. The molecule has 0 amide bonds. The lowest BCUT2D eigenvalue weighted by Gasteiger charge is -2.32. The van der Waals surface area contributed by atoms with E-state index in [9.17, 15) is 0 Å². The van der Waals surface area contributed by atoms with Crippen molar-refractivity contribution < 1.29 is 9.84 Å². The highest BCUT2D eigenvalue weighted by atomic mass is 16.5. The van der Waals surface area contributed by atoms with E-state index in [1.807, 2.05) is 6.92 Å². The number of rotatable bonds is 4. The van der Waals surface area contributed by atoms with E-state index >= 15 is 0 Å². The van der Waals surface area contributed by atoms with Gasteiger partial charge in [-0.25, -0.2) is 0 Å². The Balaban J connectivity index is 2.17. The first-order chi connectivity index (χ1) is 6.58. The molecule has 3 atom stereocenters. The number of hydrogen-bond acceptors (Lipinski definition) is 3. The summed E-state index contributed by atoms with van der Waals surface area (Å²) in [5.41, 5.74) is 0. The van der Waals surface area contributed by atoms with Crippen LogP contribution in [0.5, 0.6) is 0 Å². The molecule has 0 unspecified atom stereocenters. The number of nitrogens with one attached hydrogen (secondary N) is 1. The van der Waals surface area contributed by atoms with E-state index in [0.717, 1.165) is 25.8 Å². The number of hydrogen-bond donors (Lipinski definition) is 2. The van der Waals surface area contributed by atoms with Gasteiger partial charge in [-0.2, -0.15) is 0 Å². The SMILES string of the molecule is C[C@H](O)CCNC1C[C@H](C)O[C@@H](C)C1. The lowest BCUT2D eigenvalue weighted by molar-refractivity contribution is -0.0422. The maximum absolute atomic E-state index is 9.12. The van der Waals surface area contributed by atoms with E-state index in [0.29, 0.717) is 18.2 Å². The molecule has 0 aromatic rings. The van der Waals surface area contributed by atoms with Gasteiger partial charge in [0.2, 0.25) is 0 Å². The van der Waals surface area contributed by atoms with Crippen molar-refractivity contribution in [3.63, 3.8) is 0 Å². The molecule has 3 heteroatoms. The molecular weight excluding hydrogens is 178 g/mol. The van der Waals surface area contributed by atoms with E-state index in [2.05, 4.69) is 19.2 Å². The van der Waals surface area contributed by atoms with Crippen LogP contribution in [0.15, 0.2) is 0 Å². The second-order valence-corrected chi connectivity index (χ2v) is 4.52. The maximum atomic E-state index is 9.12. The zero-order valence-corrected chi connectivity index (χ0v) is 9.49. The second-order valence-electron chi connectivity index (χ2n) is 4.52. The Bertz CT molecular complexity index is 151. The van der Waals surface area contributed by atoms with Crippen LogP contribution in [-0.4, -0.2) is 36.0 Å². The van der Waals surface area contributed by atoms with E-state index in [4.69, 9.17) is 9.84 Å². The first-order valence-corrected chi connectivity index (χ1v) is 5.65. The average molecular weight is 201 g/mol. The van der Waals surface area contributed by atoms with Gasteiger partial charge in [-0.3, -0.25) is 0 Å². The minimum absolute atomic E-state index is 0.197. The summed E-state index contributed by atoms with van der Waals surface area (Å²) in [6.45, 7) is 6.98. The van der Waals surface area contributed by atoms with E-state index < -0.39 is 0 Å². The van der Waals surface area contributed by atoms with Crippen molar-refractivity contribution in [3.05, 3.63) is 0 Å². The Hall–Kier alpha value is -0.120. The molecule has 1 heterocycles. The van der Waals surface area contributed by atoms with Gasteiger partial charge < -0.3 is 15.2 Å². The van der Waals surface area contributed by atoms with Crippen LogP contribution in [0.4, 0.5) is 0 Å². The van der Waals surface area contributed by atoms with Crippen LogP contribution in [-0.2, 0) is 4.74 Å². The normalized spacial score (nSPS) is 35.6. The standard InChI is InChI=1S/C11H23NO2/c1-8(13)4-5-12-11-6-9(2)14-10(3)7-11/h8-13H,4-7H2,1-3H3/t8-,9-,10-/m0/s1. The van der Waals surface area contributed by atoms with Crippen molar-refractivity contribution in [1.29, 1.82) is 0 Å². The minimum atomic E-state index is -0.197. The fourth-order valence-corrected chi connectivity index (χ4v) is 2.07. The fourth-order valence-electron chi connectivity index (χ4n) is 2.07. The van der Waals surface area contributed by atoms with E-state index in [-0.39, 0.29) is 6.10 Å². The van der Waals surface area contributed by atoms with Crippen LogP contribution in [0.2, 0.25) is 0 Å². The Kier molecular flexibility index (Phi) is 4.85. The molecule has 14 heavy (non-hydrogen) atoms. The van der Waals surface area contributed by atoms with Crippen LogP contribution < -0.4 is 5.32 Å². The van der Waals surface area contributed by atoms with Crippen LogP contribution in [0.1, 0.15) is 40.0 Å². The van der Waals surface area contributed by atoms with Crippen molar-refractivity contribution in [2.75, 3.05) is 6.54 Å². The average Bonchev–Trinajstić information content (AvgIpc) is 2.01. The molecule has 0 aliphatic carbocycles. The van der Waals surface area contributed by atoms with Gasteiger partial charge in [-0.05, 0) is 46.6 Å². The largest absolute Gasteiger partial charge is 0.393 e. The Morgan fingerprint density at radius 1 is 1.36 bits per heavy atom. The lowest BCUT2D eigenvalue weighted by Crippen LogP contribution is -2.42. The molecule has 2 N–H and O–H groups in total. The van der Waals surface area contributed by atoms with Crippen molar-refractivity contribution in [2.45, 2.75) is 64.4 Å². The molecule has 0 aromatic heterocycles. The summed E-state index contributed by atoms with van der Waals surface area (Å²) in [6.07, 6.45) is 3.54. The summed E-state index contributed by atoms with van der Waals surface area (Å²) in [7, 11) is 0. The first kappa shape index (κ1) is 12.0. The predicted octanol–water partition coefficient (Wildman–Crippen LogP) is 1.30. The van der Waals surface area contributed by atoms with Crippen LogP contribution in [0.3, 0.4) is 0 Å². The van der Waals surface area contributed by atoms with Crippen LogP contribution in [0, 0.1) is 0 Å². The lowest BCUT2D eigenvalue weighted by atomic mass is 10.00. The second kappa shape index (κ2) is 5.69. The van der Waals surface area contributed by atoms with Crippen LogP contribution >= 0.6 is 0 Å². The van der Waals surface area contributed by atoms with Gasteiger partial charge >= 0.3 is 0 Å². The highest BCUT2D eigenvalue weighted by Crippen LogP contribution is 2.18. The van der Waals surface area contributed by atoms with Gasteiger partial charge in [0.1, 0.15) is 0 Å². The third kappa shape index (κ3) is 4.40. The van der Waals surface area contributed by atoms with Gasteiger partial charge in [0, 0.05) is 6.04 Å². The topological polar surface area (TPSA) is 41.5 Å². The third-order valence-electron chi connectivity index (χ3n) is 2.69. The molecule has 0 spiro atoms. The third-order valence-corrected chi connectivity index (χ3v) is 2.69. The summed E-state index contributed by atoms with van der Waals surface area (Å²) in [5, 5.41) is 12.6. The zero-order valence-electron chi connectivity index (χ0n) is 9.49. The number of ether oxygens (including phenoxy) is 1. The number of aliphatic hydroxyl groups excluding tert-OH is 1. The molecule has 0 bridgehead atoms. The van der Waals surface area contributed by atoms with Crippen molar-refractivity contribution in [1.82, 2.24) is 5.32 Å². The summed E-state index contributed by atoms with van der Waals surface area (Å²) in [6, 6.07) is 0.562. The Labute approximate surface area is 86.8 Å². The quantitative estimate of drug-likeness (QED) is 0.720. The highest BCUT2D eigenvalue weighted by Gasteiger charge is 2.23. The number of aliphatic hydroxyl groups is 1. The monoisotopic (exact) mass is 201 g/mol. The molecule has 1 saturated heterocycles. The molecule has 3 nitrogen and oxygen atoms in total. The highest BCUT2D eigenvalue weighted by molar-refractivity contribution is 4.78. The van der Waals surface area contributed by atoms with Crippen molar-refractivity contribution >= 4 is 0 Å². The molecule has 0 saturated carbocycles.